The van der Waals surface area contributed by atoms with Crippen molar-refractivity contribution < 1.29 is 0 Å². The lowest BCUT2D eigenvalue weighted by molar-refractivity contribution is 0.821. The Kier molecular flexibility index (Phi) is 3.09. The smallest absolute Gasteiger partial charge is 0.113 e. The maximum absolute atomic E-state index is 5.38. The Labute approximate surface area is 55.6 Å². The van der Waals surface area contributed by atoms with Gasteiger partial charge in [0.2, 0.25) is 0 Å². The first-order chi connectivity index (χ1) is 3.06. The van der Waals surface area contributed by atoms with Crippen molar-refractivity contribution in [2.75, 3.05) is 0 Å². The van der Waals surface area contributed by atoms with Gasteiger partial charge in [-0.2, -0.15) is 0 Å². The summed E-state index contributed by atoms with van der Waals surface area (Å²) >= 11 is 10.8. The first kappa shape index (κ1) is 7.64. The molecule has 0 N–H and O–H groups in total. The van der Waals surface area contributed by atoms with E-state index in [1.807, 2.05) is 6.92 Å². The van der Waals surface area contributed by atoms with Crippen LogP contribution in [0.4, 0.5) is 0 Å². The van der Waals surface area contributed by atoms with Gasteiger partial charge in [-0.25, -0.2) is 0 Å². The van der Waals surface area contributed by atoms with Gasteiger partial charge in [-0.05, 0) is 6.42 Å². The molecule has 40 valence electrons. The first-order valence-electron chi connectivity index (χ1n) is 2.23. The number of hydrogen-bond donors (Lipinski definition) is 0. The normalized spacial score (nSPS) is 11.9. The molecular weight excluding hydrogens is 130 g/mol. The molecule has 0 aromatic carbocycles. The third-order valence-electron chi connectivity index (χ3n) is 0.583. The second-order valence-corrected chi connectivity index (χ2v) is 3.05. The maximum atomic E-state index is 5.38. The van der Waals surface area contributed by atoms with Crippen LogP contribution in [0.15, 0.2) is 0 Å². The molecule has 0 aliphatic heterocycles. The van der Waals surface area contributed by atoms with E-state index in [0.29, 0.717) is 6.42 Å². The van der Waals surface area contributed by atoms with Crippen molar-refractivity contribution in [2.24, 2.45) is 0 Å². The number of rotatable bonds is 2. The van der Waals surface area contributed by atoms with Crippen molar-refractivity contribution in [2.45, 2.75) is 24.0 Å². The highest BCUT2D eigenvalue weighted by Crippen LogP contribution is 2.21. The molecule has 0 aliphatic rings. The minimum atomic E-state index is -1.01. The Hall–Kier alpha value is 0.645. The molecule has 0 unspecified atom stereocenters. The summed E-state index contributed by atoms with van der Waals surface area (Å²) in [5.74, 6) is 0. The Morgan fingerprint density at radius 1 is 1.57 bits per heavy atom. The summed E-state index contributed by atoms with van der Waals surface area (Å²) in [5.41, 5.74) is 0. The molecule has 0 aromatic heterocycles. The average Bonchev–Trinajstić information content (AvgIpc) is 1.30. The van der Waals surface area contributed by atoms with Gasteiger partial charge in [-0.3, -0.25) is 0 Å². The zero-order valence-electron chi connectivity index (χ0n) is 4.25. The Balaban J connectivity index is 3.15. The van der Waals surface area contributed by atoms with Gasteiger partial charge in [0.25, 0.3) is 0 Å². The average molecular weight is 137 g/mol. The predicted octanol–water partition coefficient (Wildman–Crippen LogP) is 2.09. The Morgan fingerprint density at radius 3 is 2.00 bits per heavy atom. The minimum absolute atomic E-state index is 0.649. The van der Waals surface area contributed by atoms with E-state index >= 15 is 0 Å². The fraction of sp³-hybridized carbons (Fsp3) is 1.00. The number of alkyl halides is 2. The van der Waals surface area contributed by atoms with Crippen LogP contribution < -0.4 is 0 Å². The van der Waals surface area contributed by atoms with Crippen LogP contribution in [0.3, 0.4) is 0 Å². The summed E-state index contributed by atoms with van der Waals surface area (Å²) in [5, 5.41) is 0. The van der Waals surface area contributed by atoms with Crippen molar-refractivity contribution in [1.82, 2.24) is 0 Å². The van der Waals surface area contributed by atoms with Gasteiger partial charge >= 0.3 is 0 Å². The summed E-state index contributed by atoms with van der Waals surface area (Å²) in [6.45, 7) is 1.98. The highest BCUT2D eigenvalue weighted by Gasteiger charge is 2.12. The number of halogens is 2. The van der Waals surface area contributed by atoms with Crippen molar-refractivity contribution >= 4 is 31.0 Å². The number of hydrogen-bond acceptors (Lipinski definition) is 0. The molecule has 7 heavy (non-hydrogen) atoms. The second-order valence-electron chi connectivity index (χ2n) is 1.51. The first-order valence-corrected chi connectivity index (χ1v) is 2.98. The highest BCUT2D eigenvalue weighted by molar-refractivity contribution is 6.65. The quantitative estimate of drug-likeness (QED) is 0.403. The third kappa shape index (κ3) is 6.64. The zero-order valence-corrected chi connectivity index (χ0v) is 5.76. The van der Waals surface area contributed by atoms with Crippen LogP contribution in [0.2, 0.25) is 0 Å². The molecule has 0 bridgehead atoms. The van der Waals surface area contributed by atoms with Crippen LogP contribution in [-0.2, 0) is 0 Å². The third-order valence-corrected chi connectivity index (χ3v) is 0.961. The van der Waals surface area contributed by atoms with Crippen LogP contribution in [0.5, 0.6) is 0 Å². The van der Waals surface area contributed by atoms with Crippen LogP contribution in [0.1, 0.15) is 19.8 Å². The summed E-state index contributed by atoms with van der Waals surface area (Å²) in [7, 11) is 5.18. The SMILES string of the molecule is [B]C(Cl)(Cl)CCC. The molecule has 0 heterocycles. The topological polar surface area (TPSA) is 0 Å². The van der Waals surface area contributed by atoms with E-state index in [4.69, 9.17) is 31.0 Å². The van der Waals surface area contributed by atoms with Crippen molar-refractivity contribution in [1.29, 1.82) is 0 Å². The van der Waals surface area contributed by atoms with E-state index in [2.05, 4.69) is 0 Å². The molecule has 0 nitrogen and oxygen atoms in total. The van der Waals surface area contributed by atoms with Crippen LogP contribution in [0.25, 0.3) is 0 Å². The molecule has 0 fully saturated rings. The fourth-order valence-corrected chi connectivity index (χ4v) is 0.711. The molecule has 0 saturated carbocycles. The van der Waals surface area contributed by atoms with Gasteiger partial charge in [0, 0.05) is 0 Å². The van der Waals surface area contributed by atoms with Crippen molar-refractivity contribution in [3.8, 4) is 0 Å². The van der Waals surface area contributed by atoms with E-state index in [-0.39, 0.29) is 0 Å². The van der Waals surface area contributed by atoms with Crippen LogP contribution in [0, 0.1) is 0 Å². The largest absolute Gasteiger partial charge is 0.119 e. The van der Waals surface area contributed by atoms with Gasteiger partial charge in [-0.1, -0.05) is 13.3 Å². The summed E-state index contributed by atoms with van der Waals surface area (Å²) in [6, 6.07) is 0. The second kappa shape index (κ2) is 2.83. The lowest BCUT2D eigenvalue weighted by Gasteiger charge is -2.09. The lowest BCUT2D eigenvalue weighted by atomic mass is 9.99. The standard InChI is InChI=1S/C4H7BCl2/c1-2-3-4(5,6)7/h2-3H2,1H3. The van der Waals surface area contributed by atoms with Gasteiger partial charge in [-0.15, -0.1) is 23.2 Å². The fourth-order valence-electron chi connectivity index (χ4n) is 0.333. The predicted molar refractivity (Wildman–Crippen MR) is 35.1 cm³/mol. The molecule has 0 rings (SSSR count). The molecule has 2 radical (unpaired) electrons. The van der Waals surface area contributed by atoms with E-state index in [9.17, 15) is 0 Å². The van der Waals surface area contributed by atoms with Crippen molar-refractivity contribution in [3.63, 3.8) is 0 Å². The molecule has 0 aromatic rings. The Bertz CT molecular complexity index is 48.1. The molecule has 3 heteroatoms. The van der Waals surface area contributed by atoms with Crippen molar-refractivity contribution in [3.05, 3.63) is 0 Å². The lowest BCUT2D eigenvalue weighted by Crippen LogP contribution is -2.10. The summed E-state index contributed by atoms with van der Waals surface area (Å²) in [6.07, 6.45) is 1.57. The highest BCUT2D eigenvalue weighted by atomic mass is 35.5. The van der Waals surface area contributed by atoms with Crippen LogP contribution in [-0.4, -0.2) is 12.1 Å². The molecule has 0 saturated heterocycles. The van der Waals surface area contributed by atoms with Gasteiger partial charge < -0.3 is 0 Å². The molecule has 0 spiro atoms. The molecule has 0 atom stereocenters. The summed E-state index contributed by atoms with van der Waals surface area (Å²) in [4.78, 5) is 0. The Morgan fingerprint density at radius 2 is 2.00 bits per heavy atom. The van der Waals surface area contributed by atoms with Gasteiger partial charge in [0.1, 0.15) is 7.85 Å². The van der Waals surface area contributed by atoms with E-state index in [1.54, 1.807) is 0 Å². The molecule has 0 amide bonds. The monoisotopic (exact) mass is 136 g/mol. The zero-order chi connectivity index (χ0) is 5.91. The molecule has 0 aliphatic carbocycles. The van der Waals surface area contributed by atoms with E-state index < -0.39 is 4.23 Å². The maximum Gasteiger partial charge on any atom is 0.119 e. The van der Waals surface area contributed by atoms with Crippen LogP contribution >= 0.6 is 23.2 Å². The van der Waals surface area contributed by atoms with E-state index in [1.165, 1.54) is 0 Å². The minimum Gasteiger partial charge on any atom is -0.113 e. The summed E-state index contributed by atoms with van der Waals surface area (Å²) < 4.78 is -1.01. The van der Waals surface area contributed by atoms with Gasteiger partial charge in [0.15, 0.2) is 0 Å². The van der Waals surface area contributed by atoms with E-state index in [0.717, 1.165) is 6.42 Å². The molecular formula is C4H7BCl2. The van der Waals surface area contributed by atoms with Gasteiger partial charge in [0.05, 0.1) is 4.23 Å².